The largest absolute Gasteiger partial charge is 0.480 e. The summed E-state index contributed by atoms with van der Waals surface area (Å²) >= 11 is 0. The average Bonchev–Trinajstić information content (AvgIpc) is 2.78. The zero-order valence-electron chi connectivity index (χ0n) is 9.17. The second-order valence-electron chi connectivity index (χ2n) is 4.04. The summed E-state index contributed by atoms with van der Waals surface area (Å²) in [5.41, 5.74) is 0.972. The minimum atomic E-state index is -0.979. The van der Waals surface area contributed by atoms with Gasteiger partial charge in [-0.1, -0.05) is 0 Å². The Morgan fingerprint density at radius 1 is 1.18 bits per heavy atom. The summed E-state index contributed by atoms with van der Waals surface area (Å²) in [6, 6.07) is 5.81. The highest BCUT2D eigenvalue weighted by Gasteiger charge is 2.30. The number of benzene rings is 1. The fourth-order valence-corrected chi connectivity index (χ4v) is 2.13. The van der Waals surface area contributed by atoms with Crippen LogP contribution in [0.15, 0.2) is 24.3 Å². The fourth-order valence-electron chi connectivity index (χ4n) is 2.13. The normalized spacial score (nSPS) is 19.3. The highest BCUT2D eigenvalue weighted by Crippen LogP contribution is 2.25. The SMILES string of the molecule is O=C(O)c1ccc(N2CCCC2C(=O)O)cc1. The zero-order chi connectivity index (χ0) is 12.4. The molecule has 1 atom stereocenters. The molecule has 1 aliphatic heterocycles. The van der Waals surface area contributed by atoms with Crippen LogP contribution in [-0.2, 0) is 4.79 Å². The van der Waals surface area contributed by atoms with Crippen LogP contribution in [0.4, 0.5) is 5.69 Å². The molecule has 1 heterocycles. The Balaban J connectivity index is 2.22. The number of hydrogen-bond donors (Lipinski definition) is 2. The van der Waals surface area contributed by atoms with E-state index >= 15 is 0 Å². The number of carboxylic acids is 2. The Morgan fingerprint density at radius 3 is 2.35 bits per heavy atom. The first-order chi connectivity index (χ1) is 8.09. The summed E-state index contributed by atoms with van der Waals surface area (Å²) in [4.78, 5) is 23.5. The van der Waals surface area contributed by atoms with Gasteiger partial charge in [0.05, 0.1) is 5.56 Å². The van der Waals surface area contributed by atoms with Gasteiger partial charge in [0.2, 0.25) is 0 Å². The summed E-state index contributed by atoms with van der Waals surface area (Å²) in [6.45, 7) is 0.698. The van der Waals surface area contributed by atoms with E-state index in [4.69, 9.17) is 10.2 Å². The van der Waals surface area contributed by atoms with Crippen LogP contribution in [0.5, 0.6) is 0 Å². The predicted octanol–water partition coefficient (Wildman–Crippen LogP) is 1.44. The highest BCUT2D eigenvalue weighted by molar-refractivity contribution is 5.88. The fraction of sp³-hybridized carbons (Fsp3) is 0.333. The molecule has 2 N–H and O–H groups in total. The van der Waals surface area contributed by atoms with Gasteiger partial charge in [0.1, 0.15) is 6.04 Å². The Hall–Kier alpha value is -2.04. The molecule has 1 aliphatic rings. The second kappa shape index (κ2) is 4.45. The van der Waals surface area contributed by atoms with E-state index < -0.39 is 18.0 Å². The number of carboxylic acid groups (broad SMARTS) is 2. The smallest absolute Gasteiger partial charge is 0.335 e. The van der Waals surface area contributed by atoms with E-state index in [2.05, 4.69) is 0 Å². The quantitative estimate of drug-likeness (QED) is 0.828. The van der Waals surface area contributed by atoms with E-state index in [0.29, 0.717) is 13.0 Å². The summed E-state index contributed by atoms with van der Waals surface area (Å²) in [6.07, 6.45) is 1.48. The third-order valence-corrected chi connectivity index (χ3v) is 2.98. The van der Waals surface area contributed by atoms with Crippen molar-refractivity contribution >= 4 is 17.6 Å². The van der Waals surface area contributed by atoms with E-state index in [1.807, 2.05) is 0 Å². The third-order valence-electron chi connectivity index (χ3n) is 2.98. The zero-order valence-corrected chi connectivity index (χ0v) is 9.17. The Kier molecular flexibility index (Phi) is 2.99. The van der Waals surface area contributed by atoms with Gasteiger partial charge in [0.15, 0.2) is 0 Å². The monoisotopic (exact) mass is 235 g/mol. The molecule has 1 saturated heterocycles. The van der Waals surface area contributed by atoms with Gasteiger partial charge in [-0.25, -0.2) is 9.59 Å². The highest BCUT2D eigenvalue weighted by atomic mass is 16.4. The Morgan fingerprint density at radius 2 is 1.82 bits per heavy atom. The van der Waals surface area contributed by atoms with Crippen LogP contribution in [0.25, 0.3) is 0 Å². The van der Waals surface area contributed by atoms with Crippen molar-refractivity contribution < 1.29 is 19.8 Å². The van der Waals surface area contributed by atoms with Crippen LogP contribution >= 0.6 is 0 Å². The summed E-state index contributed by atoms with van der Waals surface area (Å²) in [7, 11) is 0. The van der Waals surface area contributed by atoms with Crippen molar-refractivity contribution in [3.05, 3.63) is 29.8 Å². The molecule has 1 fully saturated rings. The molecule has 5 nitrogen and oxygen atoms in total. The molecule has 17 heavy (non-hydrogen) atoms. The number of aromatic carboxylic acids is 1. The molecule has 2 rings (SSSR count). The molecular weight excluding hydrogens is 222 g/mol. The molecule has 0 aromatic heterocycles. The molecule has 0 bridgehead atoms. The number of nitrogens with zero attached hydrogens (tertiary/aromatic N) is 1. The standard InChI is InChI=1S/C12H13NO4/c14-11(15)8-3-5-9(6-4-8)13-7-1-2-10(13)12(16)17/h3-6,10H,1-2,7H2,(H,14,15)(H,16,17). The minimum absolute atomic E-state index is 0.208. The van der Waals surface area contributed by atoms with Gasteiger partial charge in [-0.2, -0.15) is 0 Å². The Labute approximate surface area is 98.3 Å². The topological polar surface area (TPSA) is 77.8 Å². The van der Waals surface area contributed by atoms with Crippen molar-refractivity contribution in [3.63, 3.8) is 0 Å². The van der Waals surface area contributed by atoms with E-state index in [0.717, 1.165) is 12.1 Å². The molecule has 1 aromatic rings. The summed E-state index contributed by atoms with van der Waals surface area (Å²) in [5.74, 6) is -1.81. The van der Waals surface area contributed by atoms with E-state index in [9.17, 15) is 9.59 Å². The van der Waals surface area contributed by atoms with Crippen LogP contribution in [0, 0.1) is 0 Å². The molecule has 0 spiro atoms. The van der Waals surface area contributed by atoms with Gasteiger partial charge in [-0.05, 0) is 37.1 Å². The molecular formula is C12H13NO4. The number of anilines is 1. The van der Waals surface area contributed by atoms with Crippen LogP contribution in [0.3, 0.4) is 0 Å². The van der Waals surface area contributed by atoms with Crippen molar-refractivity contribution in [2.75, 3.05) is 11.4 Å². The van der Waals surface area contributed by atoms with Crippen molar-refractivity contribution in [3.8, 4) is 0 Å². The number of hydrogen-bond acceptors (Lipinski definition) is 3. The number of aliphatic carboxylic acids is 1. The average molecular weight is 235 g/mol. The molecule has 1 aromatic carbocycles. The van der Waals surface area contributed by atoms with Gasteiger partial charge in [-0.15, -0.1) is 0 Å². The lowest BCUT2D eigenvalue weighted by Crippen LogP contribution is -2.35. The molecule has 90 valence electrons. The second-order valence-corrected chi connectivity index (χ2v) is 4.04. The lowest BCUT2D eigenvalue weighted by Gasteiger charge is -2.23. The maximum Gasteiger partial charge on any atom is 0.335 e. The van der Waals surface area contributed by atoms with E-state index in [-0.39, 0.29) is 5.56 Å². The maximum atomic E-state index is 11.0. The minimum Gasteiger partial charge on any atom is -0.480 e. The van der Waals surface area contributed by atoms with Crippen LogP contribution < -0.4 is 4.90 Å². The van der Waals surface area contributed by atoms with Gasteiger partial charge >= 0.3 is 11.9 Å². The van der Waals surface area contributed by atoms with Gasteiger partial charge in [-0.3, -0.25) is 0 Å². The number of carbonyl (C=O) groups is 2. The van der Waals surface area contributed by atoms with E-state index in [1.165, 1.54) is 12.1 Å². The van der Waals surface area contributed by atoms with Crippen molar-refractivity contribution in [2.45, 2.75) is 18.9 Å². The molecule has 0 saturated carbocycles. The third kappa shape index (κ3) is 2.22. The van der Waals surface area contributed by atoms with Gasteiger partial charge in [0, 0.05) is 12.2 Å². The summed E-state index contributed by atoms with van der Waals surface area (Å²) in [5, 5.41) is 17.8. The van der Waals surface area contributed by atoms with Crippen LogP contribution in [0.1, 0.15) is 23.2 Å². The first-order valence-electron chi connectivity index (χ1n) is 5.42. The first-order valence-corrected chi connectivity index (χ1v) is 5.42. The first kappa shape index (κ1) is 11.4. The summed E-state index contributed by atoms with van der Waals surface area (Å²) < 4.78 is 0. The van der Waals surface area contributed by atoms with Crippen molar-refractivity contribution in [1.29, 1.82) is 0 Å². The molecule has 0 radical (unpaired) electrons. The van der Waals surface area contributed by atoms with Crippen molar-refractivity contribution in [2.24, 2.45) is 0 Å². The van der Waals surface area contributed by atoms with Crippen LogP contribution in [-0.4, -0.2) is 34.7 Å². The Bertz CT molecular complexity index is 440. The van der Waals surface area contributed by atoms with Gasteiger partial charge < -0.3 is 15.1 Å². The van der Waals surface area contributed by atoms with Crippen molar-refractivity contribution in [1.82, 2.24) is 0 Å². The molecule has 5 heteroatoms. The molecule has 0 aliphatic carbocycles. The van der Waals surface area contributed by atoms with Gasteiger partial charge in [0.25, 0.3) is 0 Å². The lowest BCUT2D eigenvalue weighted by atomic mass is 10.1. The van der Waals surface area contributed by atoms with E-state index in [1.54, 1.807) is 17.0 Å². The predicted molar refractivity (Wildman–Crippen MR) is 61.4 cm³/mol. The number of rotatable bonds is 3. The lowest BCUT2D eigenvalue weighted by molar-refractivity contribution is -0.138. The maximum absolute atomic E-state index is 11.0. The van der Waals surface area contributed by atoms with Crippen LogP contribution in [0.2, 0.25) is 0 Å². The molecule has 1 unspecified atom stereocenters. The molecule has 0 amide bonds.